The predicted molar refractivity (Wildman–Crippen MR) is 73.6 cm³/mol. The van der Waals surface area contributed by atoms with Gasteiger partial charge in [0.1, 0.15) is 0 Å². The summed E-state index contributed by atoms with van der Waals surface area (Å²) in [6.07, 6.45) is 2.20. The van der Waals surface area contributed by atoms with Crippen molar-refractivity contribution in [3.63, 3.8) is 0 Å². The molecule has 1 aliphatic heterocycles. The Morgan fingerprint density at radius 1 is 1.33 bits per heavy atom. The van der Waals surface area contributed by atoms with Crippen LogP contribution in [0.25, 0.3) is 0 Å². The van der Waals surface area contributed by atoms with Crippen molar-refractivity contribution in [2.24, 2.45) is 0 Å². The van der Waals surface area contributed by atoms with Crippen molar-refractivity contribution in [3.05, 3.63) is 23.3 Å². The highest BCUT2D eigenvalue weighted by molar-refractivity contribution is 7.96. The monoisotopic (exact) mass is 266 g/mol. The lowest BCUT2D eigenvalue weighted by Gasteiger charge is -2.13. The summed E-state index contributed by atoms with van der Waals surface area (Å²) in [4.78, 5) is 10.9. The third kappa shape index (κ3) is 2.99. The number of benzene rings is 1. The van der Waals surface area contributed by atoms with Crippen molar-refractivity contribution in [2.45, 2.75) is 39.0 Å². The largest absolute Gasteiger partial charge is 0.454 e. The minimum atomic E-state index is -0.0539. The van der Waals surface area contributed by atoms with E-state index in [1.165, 1.54) is 11.1 Å². The number of fused-ring (bicyclic) bond motifs is 1. The van der Waals surface area contributed by atoms with E-state index in [0.717, 1.165) is 24.3 Å². The van der Waals surface area contributed by atoms with Crippen molar-refractivity contribution in [3.8, 4) is 11.5 Å². The summed E-state index contributed by atoms with van der Waals surface area (Å²) < 4.78 is 10.8. The van der Waals surface area contributed by atoms with E-state index in [2.05, 4.69) is 32.5 Å². The van der Waals surface area contributed by atoms with Crippen molar-refractivity contribution in [1.82, 2.24) is 0 Å². The summed E-state index contributed by atoms with van der Waals surface area (Å²) in [5.41, 5.74) is 2.51. The highest BCUT2D eigenvalue weighted by Gasteiger charge is 2.18. The van der Waals surface area contributed by atoms with Gasteiger partial charge in [0.25, 0.3) is 0 Å². The zero-order chi connectivity index (χ0) is 13.1. The van der Waals surface area contributed by atoms with Gasteiger partial charge in [0.15, 0.2) is 16.6 Å². The molecular weight excluding hydrogens is 248 g/mol. The highest BCUT2D eigenvalue weighted by atomic mass is 32.1. The Balaban J connectivity index is 2.19. The molecule has 2 rings (SSSR count). The van der Waals surface area contributed by atoms with Gasteiger partial charge in [0, 0.05) is 6.42 Å². The molecule has 0 saturated carbocycles. The molecule has 1 aromatic rings. The van der Waals surface area contributed by atoms with Crippen LogP contribution in [0.2, 0.25) is 0 Å². The third-order valence-corrected chi connectivity index (χ3v) is 3.32. The zero-order valence-corrected chi connectivity index (χ0v) is 11.6. The van der Waals surface area contributed by atoms with Gasteiger partial charge in [-0.3, -0.25) is 4.79 Å². The van der Waals surface area contributed by atoms with Crippen LogP contribution in [0.5, 0.6) is 11.5 Å². The fourth-order valence-electron chi connectivity index (χ4n) is 2.18. The fraction of sp³-hybridized carbons (Fsp3) is 0.500. The van der Waals surface area contributed by atoms with Crippen LogP contribution in [0.3, 0.4) is 0 Å². The topological polar surface area (TPSA) is 35.5 Å². The average Bonchev–Trinajstić information content (AvgIpc) is 2.74. The van der Waals surface area contributed by atoms with Crippen molar-refractivity contribution < 1.29 is 14.3 Å². The third-order valence-electron chi connectivity index (χ3n) is 3.09. The Bertz CT molecular complexity index is 455. The van der Waals surface area contributed by atoms with E-state index in [1.807, 2.05) is 6.07 Å². The van der Waals surface area contributed by atoms with Crippen LogP contribution < -0.4 is 9.47 Å². The number of ether oxygens (including phenoxy) is 2. The second kappa shape index (κ2) is 5.65. The van der Waals surface area contributed by atoms with Crippen molar-refractivity contribution in [2.75, 3.05) is 6.79 Å². The molecule has 3 nitrogen and oxygen atoms in total. The first-order valence-corrected chi connectivity index (χ1v) is 6.67. The molecule has 1 aromatic carbocycles. The van der Waals surface area contributed by atoms with Gasteiger partial charge in [-0.1, -0.05) is 13.8 Å². The molecule has 1 heterocycles. The van der Waals surface area contributed by atoms with Gasteiger partial charge in [-0.2, -0.15) is 0 Å². The molecular formula is C14H18O3S. The lowest BCUT2D eigenvalue weighted by atomic mass is 9.93. The molecule has 0 atom stereocenters. The first kappa shape index (κ1) is 13.3. The van der Waals surface area contributed by atoms with E-state index >= 15 is 0 Å². The minimum Gasteiger partial charge on any atom is -0.454 e. The van der Waals surface area contributed by atoms with E-state index in [-0.39, 0.29) is 5.12 Å². The van der Waals surface area contributed by atoms with Crippen LogP contribution >= 0.6 is 12.6 Å². The smallest absolute Gasteiger partial charge is 0.231 e. The normalized spacial score (nSPS) is 13.1. The highest BCUT2D eigenvalue weighted by Crippen LogP contribution is 2.37. The van der Waals surface area contributed by atoms with E-state index in [4.69, 9.17) is 9.47 Å². The Hall–Kier alpha value is -1.16. The first-order chi connectivity index (χ1) is 8.58. The molecule has 0 aromatic heterocycles. The van der Waals surface area contributed by atoms with E-state index in [1.54, 1.807) is 0 Å². The molecule has 98 valence electrons. The number of aryl methyl sites for hydroxylation is 1. The quantitative estimate of drug-likeness (QED) is 0.830. The average molecular weight is 266 g/mol. The molecule has 0 amide bonds. The fourth-order valence-corrected chi connectivity index (χ4v) is 2.34. The molecule has 0 fully saturated rings. The molecule has 0 spiro atoms. The van der Waals surface area contributed by atoms with E-state index < -0.39 is 0 Å². The summed E-state index contributed by atoms with van der Waals surface area (Å²) in [6.45, 7) is 4.61. The molecule has 0 radical (unpaired) electrons. The number of carbonyl (C=O) groups excluding carboxylic acids is 1. The van der Waals surface area contributed by atoms with Crippen molar-refractivity contribution >= 4 is 17.7 Å². The maximum Gasteiger partial charge on any atom is 0.231 e. The predicted octanol–water partition coefficient (Wildman–Crippen LogP) is 3.32. The maximum atomic E-state index is 10.9. The van der Waals surface area contributed by atoms with Crippen LogP contribution in [-0.4, -0.2) is 11.9 Å². The molecule has 0 aliphatic carbocycles. The Kier molecular flexibility index (Phi) is 4.17. The Labute approximate surface area is 113 Å². The van der Waals surface area contributed by atoms with Gasteiger partial charge in [-0.25, -0.2) is 0 Å². The summed E-state index contributed by atoms with van der Waals surface area (Å²) in [5.74, 6) is 2.07. The van der Waals surface area contributed by atoms with Crippen LogP contribution in [0, 0.1) is 0 Å². The van der Waals surface area contributed by atoms with Gasteiger partial charge in [-0.15, -0.1) is 12.6 Å². The number of hydrogen-bond acceptors (Lipinski definition) is 3. The summed E-state index contributed by atoms with van der Waals surface area (Å²) in [5, 5.41) is -0.0539. The molecule has 18 heavy (non-hydrogen) atoms. The lowest BCUT2D eigenvalue weighted by Crippen LogP contribution is -1.98. The van der Waals surface area contributed by atoms with Gasteiger partial charge < -0.3 is 9.47 Å². The van der Waals surface area contributed by atoms with Crippen LogP contribution in [0.15, 0.2) is 12.1 Å². The van der Waals surface area contributed by atoms with Crippen LogP contribution in [-0.2, 0) is 11.2 Å². The van der Waals surface area contributed by atoms with Gasteiger partial charge >= 0.3 is 0 Å². The van der Waals surface area contributed by atoms with Gasteiger partial charge in [0.2, 0.25) is 6.79 Å². The Morgan fingerprint density at radius 2 is 2.00 bits per heavy atom. The summed E-state index contributed by atoms with van der Waals surface area (Å²) in [6, 6.07) is 4.10. The maximum absolute atomic E-state index is 10.9. The summed E-state index contributed by atoms with van der Waals surface area (Å²) >= 11 is 3.79. The molecule has 0 unspecified atom stereocenters. The van der Waals surface area contributed by atoms with Crippen LogP contribution in [0.4, 0.5) is 0 Å². The summed E-state index contributed by atoms with van der Waals surface area (Å²) in [7, 11) is 0. The molecule has 1 aliphatic rings. The molecule has 0 N–H and O–H groups in total. The van der Waals surface area contributed by atoms with Gasteiger partial charge in [-0.05, 0) is 42.0 Å². The number of thiol groups is 1. The second-order valence-corrected chi connectivity index (χ2v) is 5.31. The van der Waals surface area contributed by atoms with Gasteiger partial charge in [0.05, 0.1) is 0 Å². The van der Waals surface area contributed by atoms with E-state index in [0.29, 0.717) is 19.1 Å². The molecule has 4 heteroatoms. The second-order valence-electron chi connectivity index (χ2n) is 4.81. The first-order valence-electron chi connectivity index (χ1n) is 6.22. The molecule has 0 saturated heterocycles. The van der Waals surface area contributed by atoms with Crippen LogP contribution in [0.1, 0.15) is 43.7 Å². The minimum absolute atomic E-state index is 0.0539. The number of carbonyl (C=O) groups is 1. The SMILES string of the molecule is CC(C)c1cc2c(cc1CCCC(=O)S)OCO2. The Morgan fingerprint density at radius 3 is 2.61 bits per heavy atom. The molecule has 0 bridgehead atoms. The number of rotatable bonds is 5. The lowest BCUT2D eigenvalue weighted by molar-refractivity contribution is -0.110. The number of hydrogen-bond donors (Lipinski definition) is 1. The van der Waals surface area contributed by atoms with Crippen molar-refractivity contribution in [1.29, 1.82) is 0 Å². The standard InChI is InChI=1S/C14H18O3S/c1-9(2)11-7-13-12(16-8-17-13)6-10(11)4-3-5-14(15)18/h6-7,9H,3-5,8H2,1-2H3,(H,15,18). The van der Waals surface area contributed by atoms with E-state index in [9.17, 15) is 4.79 Å². The zero-order valence-electron chi connectivity index (χ0n) is 10.7.